The fourth-order valence-electron chi connectivity index (χ4n) is 1.09. The van der Waals surface area contributed by atoms with Crippen molar-refractivity contribution >= 4 is 39.7 Å². The Balaban J connectivity index is 3.13. The van der Waals surface area contributed by atoms with Gasteiger partial charge in [-0.25, -0.2) is 0 Å². The molecule has 0 bridgehead atoms. The minimum Gasteiger partial charge on any atom is -0.355 e. The van der Waals surface area contributed by atoms with Crippen LogP contribution in [0.2, 0.25) is 0 Å². The SMILES string of the molecule is CNC(=O)c1ccc(SCl)cc1NC=O. The predicted octanol–water partition coefficient (Wildman–Crippen LogP) is 1.86. The van der Waals surface area contributed by atoms with Gasteiger partial charge in [0, 0.05) is 11.9 Å². The van der Waals surface area contributed by atoms with Gasteiger partial charge in [-0.05, 0) is 39.9 Å². The molecule has 0 atom stereocenters. The Hall–Kier alpha value is -1.20. The number of nitrogens with one attached hydrogen (secondary N) is 2. The highest BCUT2D eigenvalue weighted by Gasteiger charge is 2.10. The molecule has 4 nitrogen and oxygen atoms in total. The van der Waals surface area contributed by atoms with E-state index in [4.69, 9.17) is 10.7 Å². The Morgan fingerprint density at radius 1 is 1.53 bits per heavy atom. The first kappa shape index (κ1) is 11.9. The number of halogens is 1. The molecule has 0 spiro atoms. The maximum Gasteiger partial charge on any atom is 0.253 e. The molecule has 2 amide bonds. The average Bonchev–Trinajstić information content (AvgIpc) is 2.28. The molecule has 1 aromatic rings. The van der Waals surface area contributed by atoms with E-state index < -0.39 is 0 Å². The molecule has 0 fully saturated rings. The molecule has 2 N–H and O–H groups in total. The maximum absolute atomic E-state index is 11.4. The molecule has 0 saturated heterocycles. The normalized spacial score (nSPS) is 9.47. The van der Waals surface area contributed by atoms with Crippen LogP contribution in [0, 0.1) is 0 Å². The maximum atomic E-state index is 11.4. The van der Waals surface area contributed by atoms with Crippen molar-refractivity contribution < 1.29 is 9.59 Å². The first-order chi connectivity index (χ1) is 7.22. The van der Waals surface area contributed by atoms with Crippen molar-refractivity contribution in [3.63, 3.8) is 0 Å². The fourth-order valence-corrected chi connectivity index (χ4v) is 1.66. The van der Waals surface area contributed by atoms with Gasteiger partial charge in [-0.15, -0.1) is 0 Å². The van der Waals surface area contributed by atoms with Gasteiger partial charge in [0.1, 0.15) is 0 Å². The van der Waals surface area contributed by atoms with E-state index in [2.05, 4.69) is 10.6 Å². The van der Waals surface area contributed by atoms with E-state index in [0.29, 0.717) is 17.7 Å². The van der Waals surface area contributed by atoms with Crippen LogP contribution in [0.1, 0.15) is 10.4 Å². The second-order valence-corrected chi connectivity index (χ2v) is 3.71. The van der Waals surface area contributed by atoms with Crippen molar-refractivity contribution in [1.29, 1.82) is 0 Å². The Morgan fingerprint density at radius 3 is 2.80 bits per heavy atom. The Kier molecular flexibility index (Phi) is 4.45. The quantitative estimate of drug-likeness (QED) is 0.795. The minimum atomic E-state index is -0.259. The highest BCUT2D eigenvalue weighted by molar-refractivity contribution is 8.21. The summed E-state index contributed by atoms with van der Waals surface area (Å²) in [6, 6.07) is 4.95. The Morgan fingerprint density at radius 2 is 2.27 bits per heavy atom. The molecule has 1 rings (SSSR count). The highest BCUT2D eigenvalue weighted by Crippen LogP contribution is 2.27. The largest absolute Gasteiger partial charge is 0.355 e. The molecule has 1 aromatic carbocycles. The van der Waals surface area contributed by atoms with Gasteiger partial charge in [-0.2, -0.15) is 0 Å². The molecule has 0 aromatic heterocycles. The smallest absolute Gasteiger partial charge is 0.253 e. The summed E-state index contributed by atoms with van der Waals surface area (Å²) in [4.78, 5) is 22.5. The van der Waals surface area contributed by atoms with Crippen molar-refractivity contribution in [2.24, 2.45) is 0 Å². The topological polar surface area (TPSA) is 58.2 Å². The molecule has 15 heavy (non-hydrogen) atoms. The van der Waals surface area contributed by atoms with Gasteiger partial charge >= 0.3 is 0 Å². The lowest BCUT2D eigenvalue weighted by atomic mass is 10.1. The van der Waals surface area contributed by atoms with E-state index in [1.54, 1.807) is 18.2 Å². The predicted molar refractivity (Wildman–Crippen MR) is 61.2 cm³/mol. The summed E-state index contributed by atoms with van der Waals surface area (Å²) in [5, 5.41) is 4.94. The second-order valence-electron chi connectivity index (χ2n) is 2.63. The highest BCUT2D eigenvalue weighted by atomic mass is 35.7. The standard InChI is InChI=1S/C9H9ClN2O2S/c1-11-9(14)7-3-2-6(15-10)4-8(7)12-5-13/h2-5H,1H3,(H,11,14)(H,12,13). The third-order valence-corrected chi connectivity index (χ3v) is 2.73. The number of benzene rings is 1. The number of rotatable bonds is 4. The third kappa shape index (κ3) is 2.87. The van der Waals surface area contributed by atoms with Crippen LogP contribution in [0.5, 0.6) is 0 Å². The molecule has 0 heterocycles. The van der Waals surface area contributed by atoms with Crippen molar-refractivity contribution in [1.82, 2.24) is 5.32 Å². The van der Waals surface area contributed by atoms with Crippen LogP contribution in [0.25, 0.3) is 0 Å². The van der Waals surface area contributed by atoms with Gasteiger partial charge in [0.2, 0.25) is 6.41 Å². The molecule has 0 unspecified atom stereocenters. The van der Waals surface area contributed by atoms with Crippen molar-refractivity contribution in [3.05, 3.63) is 23.8 Å². The van der Waals surface area contributed by atoms with Crippen LogP contribution >= 0.6 is 21.7 Å². The lowest BCUT2D eigenvalue weighted by molar-refractivity contribution is -0.105. The number of hydrogen-bond donors (Lipinski definition) is 2. The van der Waals surface area contributed by atoms with Crippen LogP contribution in [0.3, 0.4) is 0 Å². The lowest BCUT2D eigenvalue weighted by Crippen LogP contribution is -2.19. The first-order valence-corrected chi connectivity index (χ1v) is 5.72. The molecule has 0 aliphatic carbocycles. The van der Waals surface area contributed by atoms with Gasteiger partial charge in [0.05, 0.1) is 11.3 Å². The Labute approximate surface area is 95.9 Å². The van der Waals surface area contributed by atoms with E-state index in [0.717, 1.165) is 15.9 Å². The monoisotopic (exact) mass is 244 g/mol. The van der Waals surface area contributed by atoms with Crippen molar-refractivity contribution in [2.75, 3.05) is 12.4 Å². The minimum absolute atomic E-state index is 0.259. The summed E-state index contributed by atoms with van der Waals surface area (Å²) in [6.45, 7) is 0. The van der Waals surface area contributed by atoms with E-state index in [-0.39, 0.29) is 5.91 Å². The Bertz CT molecular complexity index is 384. The van der Waals surface area contributed by atoms with Crippen LogP contribution in [0.4, 0.5) is 5.69 Å². The summed E-state index contributed by atoms with van der Waals surface area (Å²) in [6.07, 6.45) is 0.518. The number of amides is 2. The van der Waals surface area contributed by atoms with Gasteiger partial charge in [0.25, 0.3) is 5.91 Å². The fraction of sp³-hybridized carbons (Fsp3) is 0.111. The van der Waals surface area contributed by atoms with Gasteiger partial charge in [-0.1, -0.05) is 0 Å². The van der Waals surface area contributed by atoms with Crippen LogP contribution in [-0.2, 0) is 4.79 Å². The lowest BCUT2D eigenvalue weighted by Gasteiger charge is -2.07. The summed E-state index contributed by atoms with van der Waals surface area (Å²) < 4.78 is 0. The number of carbonyl (C=O) groups is 2. The summed E-state index contributed by atoms with van der Waals surface area (Å²) in [5.41, 5.74) is 0.842. The summed E-state index contributed by atoms with van der Waals surface area (Å²) >= 11 is 0. The molecule has 0 saturated carbocycles. The van der Waals surface area contributed by atoms with Crippen molar-refractivity contribution in [3.8, 4) is 0 Å². The molecule has 80 valence electrons. The van der Waals surface area contributed by atoms with E-state index in [1.165, 1.54) is 7.05 Å². The second kappa shape index (κ2) is 5.63. The zero-order valence-electron chi connectivity index (χ0n) is 7.91. The first-order valence-electron chi connectivity index (χ1n) is 4.07. The van der Waals surface area contributed by atoms with Gasteiger partial charge < -0.3 is 10.6 Å². The molecule has 0 aliphatic heterocycles. The summed E-state index contributed by atoms with van der Waals surface area (Å²) in [5.74, 6) is -0.259. The summed E-state index contributed by atoms with van der Waals surface area (Å²) in [7, 11) is 8.11. The number of carbonyl (C=O) groups excluding carboxylic acids is 2. The molecule has 0 aliphatic rings. The molecular weight excluding hydrogens is 236 g/mol. The van der Waals surface area contributed by atoms with E-state index in [1.807, 2.05) is 0 Å². The third-order valence-electron chi connectivity index (χ3n) is 1.77. The number of anilines is 1. The van der Waals surface area contributed by atoms with Gasteiger partial charge in [-0.3, -0.25) is 9.59 Å². The van der Waals surface area contributed by atoms with Crippen molar-refractivity contribution in [2.45, 2.75) is 4.90 Å². The molecule has 6 heteroatoms. The van der Waals surface area contributed by atoms with Crippen LogP contribution < -0.4 is 10.6 Å². The van der Waals surface area contributed by atoms with Crippen LogP contribution in [0.15, 0.2) is 23.1 Å². The zero-order chi connectivity index (χ0) is 11.3. The molecular formula is C9H9ClN2O2S. The molecule has 0 radical (unpaired) electrons. The van der Waals surface area contributed by atoms with Crippen LogP contribution in [-0.4, -0.2) is 19.4 Å². The van der Waals surface area contributed by atoms with Gasteiger partial charge in [0.15, 0.2) is 0 Å². The zero-order valence-corrected chi connectivity index (χ0v) is 9.48. The van der Waals surface area contributed by atoms with E-state index >= 15 is 0 Å². The number of hydrogen-bond acceptors (Lipinski definition) is 3. The average molecular weight is 245 g/mol. The van der Waals surface area contributed by atoms with E-state index in [9.17, 15) is 9.59 Å².